The smallest absolute Gasteiger partial charge is 0.204 e. The van der Waals surface area contributed by atoms with Crippen LogP contribution in [-0.4, -0.2) is 0 Å². The van der Waals surface area contributed by atoms with Crippen molar-refractivity contribution in [2.24, 2.45) is 0 Å². The van der Waals surface area contributed by atoms with Crippen LogP contribution in [0.3, 0.4) is 0 Å². The summed E-state index contributed by atoms with van der Waals surface area (Å²) in [6.45, 7) is 9.34. The lowest BCUT2D eigenvalue weighted by atomic mass is 10.2. The van der Waals surface area contributed by atoms with Gasteiger partial charge in [0.15, 0.2) is 6.20 Å². The highest BCUT2D eigenvalue weighted by molar-refractivity contribution is 5.37. The van der Waals surface area contributed by atoms with Gasteiger partial charge in [0.1, 0.15) is 6.54 Å². The largest absolute Gasteiger partial charge is 1.00 e. The molecule has 15 heavy (non-hydrogen) atoms. The fraction of sp³-hybridized carbons (Fsp3) is 0.462. The predicted octanol–water partition coefficient (Wildman–Crippen LogP) is -0.0164. The average Bonchev–Trinajstić information content (AvgIpc) is 2.25. The molecule has 0 atom stereocenters. The highest BCUT2D eigenvalue weighted by atomic mass is 127. The van der Waals surface area contributed by atoms with E-state index in [9.17, 15) is 0 Å². The second-order valence-corrected chi connectivity index (χ2v) is 3.57. The summed E-state index contributed by atoms with van der Waals surface area (Å²) >= 11 is 0. The summed E-state index contributed by atoms with van der Waals surface area (Å²) < 4.78 is 2.30. The van der Waals surface area contributed by atoms with Crippen molar-refractivity contribution in [3.05, 3.63) is 36.2 Å². The molecule has 0 saturated heterocycles. The Bertz CT molecular complexity index is 307. The van der Waals surface area contributed by atoms with Gasteiger partial charge in [-0.2, -0.15) is 4.57 Å². The van der Waals surface area contributed by atoms with Gasteiger partial charge in [0.2, 0.25) is 5.69 Å². The van der Waals surface area contributed by atoms with Gasteiger partial charge in [0.25, 0.3) is 0 Å². The predicted molar refractivity (Wildman–Crippen MR) is 61.0 cm³/mol. The third-order valence-corrected chi connectivity index (χ3v) is 2.49. The summed E-state index contributed by atoms with van der Waals surface area (Å²) in [7, 11) is 0. The van der Waals surface area contributed by atoms with E-state index in [0.29, 0.717) is 0 Å². The van der Waals surface area contributed by atoms with E-state index in [1.54, 1.807) is 0 Å². The van der Waals surface area contributed by atoms with E-state index in [1.165, 1.54) is 24.1 Å². The maximum Gasteiger partial charge on any atom is 0.204 e. The van der Waals surface area contributed by atoms with Gasteiger partial charge >= 0.3 is 0 Å². The molecule has 0 unspecified atom stereocenters. The fourth-order valence-electron chi connectivity index (χ4n) is 1.52. The number of unbranched alkanes of at least 4 members (excludes halogenated alkanes) is 1. The summed E-state index contributed by atoms with van der Waals surface area (Å²) in [6, 6.07) is 4.33. The van der Waals surface area contributed by atoms with Crippen LogP contribution < -0.4 is 28.5 Å². The number of aromatic nitrogens is 1. The van der Waals surface area contributed by atoms with Gasteiger partial charge in [0.05, 0.1) is 0 Å². The number of halogens is 1. The molecule has 0 saturated carbocycles. The second-order valence-electron chi connectivity index (χ2n) is 3.57. The van der Waals surface area contributed by atoms with Crippen molar-refractivity contribution in [3.63, 3.8) is 0 Å². The standard InChI is InChI=1S/C13H20N.HI/c1-4-7-10-14-11-12(5-2)8-9-13(14)6-3;/h6,8-9,11H,3-5,7,10H2,1-2H3;1H/q+1;/p-1. The summed E-state index contributed by atoms with van der Waals surface area (Å²) in [6.07, 6.45) is 7.74. The van der Waals surface area contributed by atoms with Crippen LogP contribution in [-0.2, 0) is 13.0 Å². The Kier molecular flexibility index (Phi) is 7.65. The first-order valence-electron chi connectivity index (χ1n) is 5.46. The molecule has 0 aliphatic rings. The minimum absolute atomic E-state index is 0. The molecule has 1 aromatic heterocycles. The molecular weight excluding hydrogens is 297 g/mol. The van der Waals surface area contributed by atoms with Crippen molar-refractivity contribution in [1.29, 1.82) is 0 Å². The zero-order chi connectivity index (χ0) is 10.4. The average molecular weight is 317 g/mol. The van der Waals surface area contributed by atoms with Crippen LogP contribution in [0.4, 0.5) is 0 Å². The van der Waals surface area contributed by atoms with Crippen LogP contribution in [0, 0.1) is 0 Å². The first kappa shape index (κ1) is 14.6. The van der Waals surface area contributed by atoms with Crippen LogP contribution in [0.5, 0.6) is 0 Å². The molecule has 0 aliphatic heterocycles. The first-order chi connectivity index (χ1) is 6.81. The molecule has 0 amide bonds. The maximum absolute atomic E-state index is 3.83. The maximum atomic E-state index is 3.83. The molecule has 0 N–H and O–H groups in total. The lowest BCUT2D eigenvalue weighted by Crippen LogP contribution is -3.00. The number of hydrogen-bond donors (Lipinski definition) is 0. The quantitative estimate of drug-likeness (QED) is 0.531. The first-order valence-corrected chi connectivity index (χ1v) is 5.46. The van der Waals surface area contributed by atoms with Crippen molar-refractivity contribution < 1.29 is 28.5 Å². The van der Waals surface area contributed by atoms with Crippen molar-refractivity contribution in [2.75, 3.05) is 0 Å². The van der Waals surface area contributed by atoms with Crippen LogP contribution >= 0.6 is 0 Å². The van der Waals surface area contributed by atoms with Crippen LogP contribution in [0.1, 0.15) is 37.9 Å². The van der Waals surface area contributed by atoms with E-state index in [4.69, 9.17) is 0 Å². The van der Waals surface area contributed by atoms with E-state index in [2.05, 4.69) is 43.3 Å². The molecular formula is C13H20IN. The van der Waals surface area contributed by atoms with Crippen molar-refractivity contribution >= 4 is 6.08 Å². The van der Waals surface area contributed by atoms with E-state index >= 15 is 0 Å². The van der Waals surface area contributed by atoms with Gasteiger partial charge in [-0.15, -0.1) is 0 Å². The number of pyridine rings is 1. The topological polar surface area (TPSA) is 3.88 Å². The molecule has 0 fully saturated rings. The number of nitrogens with zero attached hydrogens (tertiary/aromatic N) is 1. The van der Waals surface area contributed by atoms with Crippen LogP contribution in [0.2, 0.25) is 0 Å². The Morgan fingerprint density at radius 1 is 1.33 bits per heavy atom. The monoisotopic (exact) mass is 317 g/mol. The molecule has 84 valence electrons. The molecule has 0 bridgehead atoms. The lowest BCUT2D eigenvalue weighted by molar-refractivity contribution is -0.699. The number of hydrogen-bond acceptors (Lipinski definition) is 0. The normalized spacial score (nSPS) is 9.47. The van der Waals surface area contributed by atoms with E-state index in [-0.39, 0.29) is 24.0 Å². The third-order valence-electron chi connectivity index (χ3n) is 2.49. The van der Waals surface area contributed by atoms with Gasteiger partial charge < -0.3 is 24.0 Å². The Hall–Kier alpha value is -0.380. The van der Waals surface area contributed by atoms with Crippen molar-refractivity contribution in [2.45, 2.75) is 39.7 Å². The summed E-state index contributed by atoms with van der Waals surface area (Å²) in [4.78, 5) is 0. The molecule has 0 aromatic carbocycles. The van der Waals surface area contributed by atoms with E-state index in [1.807, 2.05) is 6.08 Å². The van der Waals surface area contributed by atoms with Gasteiger partial charge in [-0.3, -0.25) is 0 Å². The van der Waals surface area contributed by atoms with Gasteiger partial charge in [0, 0.05) is 24.1 Å². The Morgan fingerprint density at radius 2 is 2.07 bits per heavy atom. The van der Waals surface area contributed by atoms with Crippen molar-refractivity contribution in [1.82, 2.24) is 0 Å². The lowest BCUT2D eigenvalue weighted by Gasteiger charge is -2.01. The fourth-order valence-corrected chi connectivity index (χ4v) is 1.52. The minimum atomic E-state index is 0. The van der Waals surface area contributed by atoms with Gasteiger partial charge in [-0.1, -0.05) is 26.8 Å². The minimum Gasteiger partial charge on any atom is -1.00 e. The van der Waals surface area contributed by atoms with Gasteiger partial charge in [-0.05, 0) is 12.5 Å². The van der Waals surface area contributed by atoms with E-state index in [0.717, 1.165) is 13.0 Å². The molecule has 2 heteroatoms. The van der Waals surface area contributed by atoms with Gasteiger partial charge in [-0.25, -0.2) is 0 Å². The molecule has 0 radical (unpaired) electrons. The highest BCUT2D eigenvalue weighted by Crippen LogP contribution is 2.01. The van der Waals surface area contributed by atoms with E-state index < -0.39 is 0 Å². The van der Waals surface area contributed by atoms with Crippen LogP contribution in [0.25, 0.3) is 6.08 Å². The Balaban J connectivity index is 0.00000196. The summed E-state index contributed by atoms with van der Waals surface area (Å²) in [5, 5.41) is 0. The Labute approximate surface area is 110 Å². The highest BCUT2D eigenvalue weighted by Gasteiger charge is 2.07. The zero-order valence-corrected chi connectivity index (χ0v) is 11.8. The molecule has 1 nitrogen and oxygen atoms in total. The molecule has 0 aliphatic carbocycles. The SMILES string of the molecule is C=Cc1ccc(CC)c[n+]1CCCC.[I-]. The molecule has 1 heterocycles. The van der Waals surface area contributed by atoms with Crippen LogP contribution in [0.15, 0.2) is 24.9 Å². The number of rotatable bonds is 5. The third kappa shape index (κ3) is 4.33. The van der Waals surface area contributed by atoms with Crippen molar-refractivity contribution in [3.8, 4) is 0 Å². The summed E-state index contributed by atoms with van der Waals surface area (Å²) in [5.74, 6) is 0. The molecule has 1 rings (SSSR count). The number of aryl methyl sites for hydroxylation is 2. The Morgan fingerprint density at radius 3 is 2.60 bits per heavy atom. The molecule has 0 spiro atoms. The zero-order valence-electron chi connectivity index (χ0n) is 9.67. The molecule has 1 aromatic rings. The summed E-state index contributed by atoms with van der Waals surface area (Å²) in [5.41, 5.74) is 2.61. The second kappa shape index (κ2) is 7.85.